The first-order chi connectivity index (χ1) is 12.0. The van der Waals surface area contributed by atoms with Crippen LogP contribution in [0.1, 0.15) is 11.1 Å². The minimum absolute atomic E-state index is 0.102. The van der Waals surface area contributed by atoms with E-state index in [2.05, 4.69) is 5.10 Å². The monoisotopic (exact) mass is 357 g/mol. The van der Waals surface area contributed by atoms with E-state index in [1.165, 1.54) is 16.8 Å². The standard InChI is InChI=1S/C19H17ClFN3O/c1-23(12-15-8-5-9-16(21)10-15)17-11-22-24(19(25)18(17)20)13-14-6-3-2-4-7-14/h2-11H,12-13H2,1H3. The highest BCUT2D eigenvalue weighted by atomic mass is 35.5. The van der Waals surface area contributed by atoms with Gasteiger partial charge in [0.25, 0.3) is 5.56 Å². The van der Waals surface area contributed by atoms with Crippen molar-refractivity contribution >= 4 is 17.3 Å². The van der Waals surface area contributed by atoms with Crippen molar-refractivity contribution in [1.82, 2.24) is 9.78 Å². The normalized spacial score (nSPS) is 10.7. The third-order valence-electron chi connectivity index (χ3n) is 3.86. The van der Waals surface area contributed by atoms with Gasteiger partial charge >= 0.3 is 0 Å². The van der Waals surface area contributed by atoms with Crippen LogP contribution >= 0.6 is 11.6 Å². The van der Waals surface area contributed by atoms with Gasteiger partial charge in [-0.25, -0.2) is 9.07 Å². The van der Waals surface area contributed by atoms with Crippen LogP contribution in [-0.4, -0.2) is 16.8 Å². The Morgan fingerprint density at radius 1 is 1.12 bits per heavy atom. The molecule has 1 heterocycles. The molecule has 0 aliphatic carbocycles. The highest BCUT2D eigenvalue weighted by molar-refractivity contribution is 6.33. The second kappa shape index (κ2) is 7.49. The number of hydrogen-bond acceptors (Lipinski definition) is 3. The number of anilines is 1. The molecule has 0 N–H and O–H groups in total. The third kappa shape index (κ3) is 4.06. The van der Waals surface area contributed by atoms with Crippen LogP contribution in [0.3, 0.4) is 0 Å². The molecular formula is C19H17ClFN3O. The van der Waals surface area contributed by atoms with E-state index in [0.29, 0.717) is 18.8 Å². The van der Waals surface area contributed by atoms with E-state index in [0.717, 1.165) is 11.1 Å². The number of rotatable bonds is 5. The Morgan fingerprint density at radius 3 is 2.56 bits per heavy atom. The molecule has 0 fully saturated rings. The molecule has 3 rings (SSSR count). The van der Waals surface area contributed by atoms with Crippen molar-refractivity contribution in [3.63, 3.8) is 0 Å². The summed E-state index contributed by atoms with van der Waals surface area (Å²) in [4.78, 5) is 14.3. The van der Waals surface area contributed by atoms with Crippen LogP contribution in [0.4, 0.5) is 10.1 Å². The van der Waals surface area contributed by atoms with Gasteiger partial charge in [0.05, 0.1) is 18.4 Å². The summed E-state index contributed by atoms with van der Waals surface area (Å²) < 4.78 is 14.6. The van der Waals surface area contributed by atoms with E-state index in [-0.39, 0.29) is 16.4 Å². The van der Waals surface area contributed by atoms with Gasteiger partial charge in [-0.05, 0) is 23.3 Å². The van der Waals surface area contributed by atoms with Crippen LogP contribution in [0.5, 0.6) is 0 Å². The molecule has 2 aromatic carbocycles. The lowest BCUT2D eigenvalue weighted by Gasteiger charge is -2.20. The number of hydrogen-bond donors (Lipinski definition) is 0. The molecule has 128 valence electrons. The second-order valence-corrected chi connectivity index (χ2v) is 6.16. The maximum absolute atomic E-state index is 13.3. The summed E-state index contributed by atoms with van der Waals surface area (Å²) in [6, 6.07) is 15.9. The van der Waals surface area contributed by atoms with Gasteiger partial charge in [-0.1, -0.05) is 54.1 Å². The largest absolute Gasteiger partial charge is 0.368 e. The zero-order chi connectivity index (χ0) is 17.8. The van der Waals surface area contributed by atoms with Crippen molar-refractivity contribution in [3.8, 4) is 0 Å². The Bertz CT molecular complexity index is 927. The van der Waals surface area contributed by atoms with Crippen LogP contribution in [0.2, 0.25) is 5.02 Å². The van der Waals surface area contributed by atoms with Crippen molar-refractivity contribution in [2.75, 3.05) is 11.9 Å². The molecule has 1 aromatic heterocycles. The van der Waals surface area contributed by atoms with Crippen molar-refractivity contribution in [2.24, 2.45) is 0 Å². The Morgan fingerprint density at radius 2 is 1.84 bits per heavy atom. The van der Waals surface area contributed by atoms with Gasteiger partial charge in [-0.15, -0.1) is 0 Å². The van der Waals surface area contributed by atoms with E-state index in [9.17, 15) is 9.18 Å². The maximum atomic E-state index is 13.3. The van der Waals surface area contributed by atoms with Gasteiger partial charge in [0.15, 0.2) is 0 Å². The molecule has 0 saturated heterocycles. The topological polar surface area (TPSA) is 38.1 Å². The van der Waals surface area contributed by atoms with Crippen LogP contribution in [0.25, 0.3) is 0 Å². The molecule has 3 aromatic rings. The predicted molar refractivity (Wildman–Crippen MR) is 97.6 cm³/mol. The molecular weight excluding hydrogens is 341 g/mol. The highest BCUT2D eigenvalue weighted by Crippen LogP contribution is 2.21. The summed E-state index contributed by atoms with van der Waals surface area (Å²) in [6.45, 7) is 0.772. The maximum Gasteiger partial charge on any atom is 0.287 e. The quantitative estimate of drug-likeness (QED) is 0.698. The van der Waals surface area contributed by atoms with Crippen molar-refractivity contribution in [1.29, 1.82) is 0 Å². The minimum atomic E-state index is -0.353. The zero-order valence-electron chi connectivity index (χ0n) is 13.7. The summed E-state index contributed by atoms with van der Waals surface area (Å²) in [5.41, 5.74) is 1.91. The predicted octanol–water partition coefficient (Wildman–Crippen LogP) is 3.72. The van der Waals surface area contributed by atoms with Gasteiger partial charge < -0.3 is 4.90 Å². The number of halogens is 2. The number of aromatic nitrogens is 2. The Balaban J connectivity index is 1.83. The SMILES string of the molecule is CN(Cc1cccc(F)c1)c1cnn(Cc2ccccc2)c(=O)c1Cl. The van der Waals surface area contributed by atoms with E-state index in [1.807, 2.05) is 36.4 Å². The molecule has 25 heavy (non-hydrogen) atoms. The molecule has 0 radical (unpaired) electrons. The van der Waals surface area contributed by atoms with Gasteiger partial charge in [0.1, 0.15) is 10.8 Å². The molecule has 0 unspecified atom stereocenters. The molecule has 0 aliphatic heterocycles. The number of nitrogens with zero attached hydrogens (tertiary/aromatic N) is 3. The Kier molecular flexibility index (Phi) is 5.14. The fourth-order valence-corrected chi connectivity index (χ4v) is 2.88. The molecule has 0 saturated carbocycles. The highest BCUT2D eigenvalue weighted by Gasteiger charge is 2.13. The Hall–Kier alpha value is -2.66. The molecule has 0 spiro atoms. The lowest BCUT2D eigenvalue weighted by atomic mass is 10.2. The van der Waals surface area contributed by atoms with Crippen LogP contribution in [0, 0.1) is 5.82 Å². The zero-order valence-corrected chi connectivity index (χ0v) is 14.4. The molecule has 0 amide bonds. The van der Waals surface area contributed by atoms with Crippen molar-refractivity contribution < 1.29 is 4.39 Å². The molecule has 0 atom stereocenters. The average molecular weight is 358 g/mol. The van der Waals surface area contributed by atoms with Crippen LogP contribution in [-0.2, 0) is 13.1 Å². The van der Waals surface area contributed by atoms with Crippen LogP contribution < -0.4 is 10.5 Å². The smallest absolute Gasteiger partial charge is 0.287 e. The van der Waals surface area contributed by atoms with Crippen molar-refractivity contribution in [2.45, 2.75) is 13.1 Å². The molecule has 0 bridgehead atoms. The summed E-state index contributed by atoms with van der Waals surface area (Å²) in [5.74, 6) is -0.298. The molecule has 4 nitrogen and oxygen atoms in total. The second-order valence-electron chi connectivity index (χ2n) is 5.78. The first-order valence-corrected chi connectivity index (χ1v) is 8.17. The summed E-state index contributed by atoms with van der Waals surface area (Å²) in [6.07, 6.45) is 1.56. The van der Waals surface area contributed by atoms with Gasteiger partial charge in [-0.2, -0.15) is 5.10 Å². The first-order valence-electron chi connectivity index (χ1n) is 7.80. The fourth-order valence-electron chi connectivity index (χ4n) is 2.59. The van der Waals surface area contributed by atoms with Crippen molar-refractivity contribution in [3.05, 3.63) is 93.1 Å². The summed E-state index contributed by atoms with van der Waals surface area (Å²) in [5, 5.41) is 4.32. The lowest BCUT2D eigenvalue weighted by Crippen LogP contribution is -2.27. The summed E-state index contributed by atoms with van der Waals surface area (Å²) >= 11 is 6.27. The molecule has 0 aliphatic rings. The number of benzene rings is 2. The fraction of sp³-hybridized carbons (Fsp3) is 0.158. The van der Waals surface area contributed by atoms with Gasteiger partial charge in [0.2, 0.25) is 0 Å². The van der Waals surface area contributed by atoms with Gasteiger partial charge in [-0.3, -0.25) is 4.79 Å². The molecule has 6 heteroatoms. The first kappa shape index (κ1) is 17.2. The van der Waals surface area contributed by atoms with E-state index < -0.39 is 0 Å². The lowest BCUT2D eigenvalue weighted by molar-refractivity contribution is 0.624. The average Bonchev–Trinajstić information content (AvgIpc) is 2.60. The minimum Gasteiger partial charge on any atom is -0.368 e. The third-order valence-corrected chi connectivity index (χ3v) is 4.22. The summed E-state index contributed by atoms with van der Waals surface area (Å²) in [7, 11) is 1.79. The van der Waals surface area contributed by atoms with Gasteiger partial charge in [0, 0.05) is 13.6 Å². The Labute approximate surface area is 150 Å². The van der Waals surface area contributed by atoms with Crippen LogP contribution in [0.15, 0.2) is 65.6 Å². The van der Waals surface area contributed by atoms with E-state index in [1.54, 1.807) is 24.2 Å². The van der Waals surface area contributed by atoms with E-state index in [4.69, 9.17) is 11.6 Å². The van der Waals surface area contributed by atoms with E-state index >= 15 is 0 Å².